The summed E-state index contributed by atoms with van der Waals surface area (Å²) in [6, 6.07) is 16.2. The van der Waals surface area contributed by atoms with Crippen molar-refractivity contribution < 1.29 is 22.6 Å². The number of methoxy groups -OCH3 is 1. The van der Waals surface area contributed by atoms with E-state index in [1.165, 1.54) is 0 Å². The molecular formula is C21H24O5S. The molecule has 0 saturated carbocycles. The minimum Gasteiger partial charge on any atom is -0.497 e. The fourth-order valence-corrected chi connectivity index (χ4v) is 4.34. The average molecular weight is 388 g/mol. The highest BCUT2D eigenvalue weighted by Gasteiger charge is 2.49. The fraction of sp³-hybridized carbons (Fsp3) is 0.333. The summed E-state index contributed by atoms with van der Waals surface area (Å²) in [5.74, 6) is 0.819. The van der Waals surface area contributed by atoms with Crippen molar-refractivity contribution >= 4 is 9.84 Å². The molecule has 1 aliphatic heterocycles. The standard InChI is InChI=1S/C21H24O5S/c1-16(14-25-15-17-9-11-18(24-2)12-10-17)8-13-20-21(26-20)27(22,23)19-6-4-3-5-7-19/h3-12,20-21H,13-15H2,1-2H3/b16-8+/t20-,21-/m1/s1. The minimum atomic E-state index is -3.41. The molecule has 0 spiro atoms. The molecule has 1 fully saturated rings. The second kappa shape index (κ2) is 8.69. The lowest BCUT2D eigenvalue weighted by Gasteiger charge is -2.06. The van der Waals surface area contributed by atoms with Gasteiger partial charge in [-0.25, -0.2) is 8.42 Å². The lowest BCUT2D eigenvalue weighted by atomic mass is 10.2. The van der Waals surface area contributed by atoms with Gasteiger partial charge in [0.25, 0.3) is 0 Å². The van der Waals surface area contributed by atoms with Crippen molar-refractivity contribution in [3.63, 3.8) is 0 Å². The van der Waals surface area contributed by atoms with E-state index >= 15 is 0 Å². The van der Waals surface area contributed by atoms with Crippen LogP contribution in [0, 0.1) is 0 Å². The van der Waals surface area contributed by atoms with Crippen LogP contribution in [0.3, 0.4) is 0 Å². The molecule has 0 N–H and O–H groups in total. The molecule has 2 atom stereocenters. The summed E-state index contributed by atoms with van der Waals surface area (Å²) in [6.07, 6.45) is 2.26. The number of ether oxygens (including phenoxy) is 3. The molecule has 5 nitrogen and oxygen atoms in total. The van der Waals surface area contributed by atoms with Crippen LogP contribution in [0.4, 0.5) is 0 Å². The van der Waals surface area contributed by atoms with Crippen LogP contribution in [0.15, 0.2) is 71.1 Å². The lowest BCUT2D eigenvalue weighted by Crippen LogP contribution is -2.11. The first-order valence-corrected chi connectivity index (χ1v) is 10.4. The number of epoxide rings is 1. The third-order valence-corrected chi connectivity index (χ3v) is 6.33. The topological polar surface area (TPSA) is 65.1 Å². The van der Waals surface area contributed by atoms with Gasteiger partial charge in [0.1, 0.15) is 11.9 Å². The molecule has 0 amide bonds. The Kier molecular flexibility index (Phi) is 6.31. The van der Waals surface area contributed by atoms with Gasteiger partial charge >= 0.3 is 0 Å². The van der Waals surface area contributed by atoms with Crippen molar-refractivity contribution in [1.29, 1.82) is 0 Å². The van der Waals surface area contributed by atoms with Gasteiger partial charge in [0.05, 0.1) is 25.2 Å². The van der Waals surface area contributed by atoms with Crippen molar-refractivity contribution in [2.45, 2.75) is 36.4 Å². The van der Waals surface area contributed by atoms with E-state index in [4.69, 9.17) is 14.2 Å². The zero-order chi connectivity index (χ0) is 19.3. The molecule has 27 heavy (non-hydrogen) atoms. The summed E-state index contributed by atoms with van der Waals surface area (Å²) in [5.41, 5.74) is 1.38. The van der Waals surface area contributed by atoms with Crippen LogP contribution in [-0.4, -0.2) is 33.7 Å². The van der Waals surface area contributed by atoms with Crippen LogP contribution < -0.4 is 4.74 Å². The smallest absolute Gasteiger partial charge is 0.207 e. The molecule has 144 valence electrons. The van der Waals surface area contributed by atoms with Crippen molar-refractivity contribution in [3.8, 4) is 5.75 Å². The van der Waals surface area contributed by atoms with Gasteiger partial charge in [-0.1, -0.05) is 42.0 Å². The van der Waals surface area contributed by atoms with E-state index in [1.807, 2.05) is 37.3 Å². The summed E-state index contributed by atoms with van der Waals surface area (Å²) in [7, 11) is -1.78. The van der Waals surface area contributed by atoms with Crippen molar-refractivity contribution in [2.24, 2.45) is 0 Å². The van der Waals surface area contributed by atoms with E-state index < -0.39 is 15.3 Å². The van der Waals surface area contributed by atoms with Gasteiger partial charge in [-0.15, -0.1) is 0 Å². The molecule has 2 aromatic rings. The molecule has 0 unspecified atom stereocenters. The highest BCUT2D eigenvalue weighted by molar-refractivity contribution is 7.92. The molecule has 1 aliphatic rings. The quantitative estimate of drug-likeness (QED) is 0.484. The number of hydrogen-bond donors (Lipinski definition) is 0. The van der Waals surface area contributed by atoms with Gasteiger partial charge in [-0.3, -0.25) is 0 Å². The van der Waals surface area contributed by atoms with Gasteiger partial charge in [0.2, 0.25) is 9.84 Å². The van der Waals surface area contributed by atoms with E-state index in [9.17, 15) is 8.42 Å². The molecule has 6 heteroatoms. The van der Waals surface area contributed by atoms with Crippen LogP contribution in [0.1, 0.15) is 18.9 Å². The van der Waals surface area contributed by atoms with E-state index in [0.717, 1.165) is 16.9 Å². The average Bonchev–Trinajstić information content (AvgIpc) is 3.48. The Morgan fingerprint density at radius 1 is 1.11 bits per heavy atom. The second-order valence-electron chi connectivity index (χ2n) is 6.53. The molecule has 0 aliphatic carbocycles. The highest BCUT2D eigenvalue weighted by Crippen LogP contribution is 2.35. The van der Waals surface area contributed by atoms with Crippen molar-refractivity contribution in [3.05, 3.63) is 71.8 Å². The Morgan fingerprint density at radius 3 is 2.48 bits per heavy atom. The number of benzene rings is 2. The van der Waals surface area contributed by atoms with Gasteiger partial charge < -0.3 is 14.2 Å². The van der Waals surface area contributed by atoms with E-state index in [-0.39, 0.29) is 6.10 Å². The zero-order valence-corrected chi connectivity index (χ0v) is 16.3. The summed E-state index contributed by atoms with van der Waals surface area (Å²) in [5, 5.41) is 0. The second-order valence-corrected chi connectivity index (χ2v) is 8.55. The Balaban J connectivity index is 1.43. The molecule has 1 heterocycles. The Bertz CT molecular complexity index is 873. The predicted octanol–water partition coefficient (Wildman–Crippen LogP) is 3.75. The first-order chi connectivity index (χ1) is 13.0. The first-order valence-electron chi connectivity index (χ1n) is 8.81. The maximum atomic E-state index is 12.4. The summed E-state index contributed by atoms with van der Waals surface area (Å²) in [6.45, 7) is 2.98. The molecular weight excluding hydrogens is 364 g/mol. The van der Waals surface area contributed by atoms with Crippen LogP contribution in [0.25, 0.3) is 0 Å². The minimum absolute atomic E-state index is 0.285. The molecule has 1 saturated heterocycles. The Hall–Kier alpha value is -2.15. The summed E-state index contributed by atoms with van der Waals surface area (Å²) in [4.78, 5) is 0.307. The Labute approximate surface area is 160 Å². The monoisotopic (exact) mass is 388 g/mol. The normalized spacial score (nSPS) is 19.7. The predicted molar refractivity (Wildman–Crippen MR) is 103 cm³/mol. The van der Waals surface area contributed by atoms with Gasteiger partial charge in [0.15, 0.2) is 5.44 Å². The van der Waals surface area contributed by atoms with Crippen LogP contribution in [0.5, 0.6) is 5.75 Å². The zero-order valence-electron chi connectivity index (χ0n) is 15.5. The van der Waals surface area contributed by atoms with Gasteiger partial charge in [-0.2, -0.15) is 0 Å². The number of hydrogen-bond acceptors (Lipinski definition) is 5. The number of rotatable bonds is 9. The third-order valence-electron chi connectivity index (χ3n) is 4.37. The third kappa shape index (κ3) is 5.19. The van der Waals surface area contributed by atoms with Crippen LogP contribution >= 0.6 is 0 Å². The van der Waals surface area contributed by atoms with E-state index in [1.54, 1.807) is 37.4 Å². The molecule has 0 bridgehead atoms. The van der Waals surface area contributed by atoms with Gasteiger partial charge in [-0.05, 0) is 43.2 Å². The van der Waals surface area contributed by atoms with Crippen molar-refractivity contribution in [1.82, 2.24) is 0 Å². The lowest BCUT2D eigenvalue weighted by molar-refractivity contribution is 0.142. The van der Waals surface area contributed by atoms with Gasteiger partial charge in [0, 0.05) is 0 Å². The largest absolute Gasteiger partial charge is 0.497 e. The molecule has 0 radical (unpaired) electrons. The summed E-state index contributed by atoms with van der Waals surface area (Å²) < 4.78 is 41.1. The summed E-state index contributed by atoms with van der Waals surface area (Å²) >= 11 is 0. The SMILES string of the molecule is COc1ccc(COC/C(C)=C/C[C@H]2O[C@@H]2S(=O)(=O)c2ccccc2)cc1. The maximum absolute atomic E-state index is 12.4. The maximum Gasteiger partial charge on any atom is 0.207 e. The molecule has 0 aromatic heterocycles. The van der Waals surface area contributed by atoms with Crippen LogP contribution in [0.2, 0.25) is 0 Å². The highest BCUT2D eigenvalue weighted by atomic mass is 32.2. The van der Waals surface area contributed by atoms with Crippen molar-refractivity contribution in [2.75, 3.05) is 13.7 Å². The molecule has 3 rings (SSSR count). The van der Waals surface area contributed by atoms with E-state index in [0.29, 0.717) is 24.5 Å². The molecule has 2 aromatic carbocycles. The first kappa shape index (κ1) is 19.6. The fourth-order valence-electron chi connectivity index (χ4n) is 2.74. The Morgan fingerprint density at radius 2 is 1.81 bits per heavy atom. The van der Waals surface area contributed by atoms with Crippen LogP contribution in [-0.2, 0) is 25.9 Å². The van der Waals surface area contributed by atoms with E-state index in [2.05, 4.69) is 0 Å². The number of sulfone groups is 1.